The van der Waals surface area contributed by atoms with Gasteiger partial charge in [0, 0.05) is 37.1 Å². The molecule has 2 aromatic carbocycles. The molecule has 3 rings (SSSR count). The molecule has 0 bridgehead atoms. The van der Waals surface area contributed by atoms with E-state index < -0.39 is 23.2 Å². The summed E-state index contributed by atoms with van der Waals surface area (Å²) in [5, 5.41) is 8.05. The number of hydrogen-bond donors (Lipinski definition) is 5. The van der Waals surface area contributed by atoms with E-state index in [0.717, 1.165) is 5.56 Å². The van der Waals surface area contributed by atoms with Crippen molar-refractivity contribution in [2.75, 3.05) is 17.1 Å². The molecule has 31 heavy (non-hydrogen) atoms. The van der Waals surface area contributed by atoms with Crippen LogP contribution >= 0.6 is 0 Å². The predicted octanol–water partition coefficient (Wildman–Crippen LogP) is 2.98. The van der Waals surface area contributed by atoms with Crippen LogP contribution in [-0.2, 0) is 17.8 Å². The molecule has 0 spiro atoms. The average molecular weight is 439 g/mol. The van der Waals surface area contributed by atoms with Crippen LogP contribution in [0.25, 0.3) is 11.1 Å². The Labute approximate surface area is 181 Å². The summed E-state index contributed by atoms with van der Waals surface area (Å²) in [4.78, 5) is 28.7. The number of aromatic nitrogens is 1. The van der Waals surface area contributed by atoms with Crippen molar-refractivity contribution in [2.24, 2.45) is 0 Å². The van der Waals surface area contributed by atoms with Crippen LogP contribution in [0.15, 0.2) is 67.0 Å². The van der Waals surface area contributed by atoms with E-state index in [2.05, 4.69) is 25.7 Å². The zero-order valence-electron chi connectivity index (χ0n) is 16.6. The third-order valence-corrected chi connectivity index (χ3v) is 4.75. The number of hydrogen-bond acceptors (Lipinski definition) is 4. The van der Waals surface area contributed by atoms with Gasteiger partial charge in [-0.25, -0.2) is 9.00 Å². The molecule has 1 unspecified atom stereocenters. The minimum atomic E-state index is -2.41. The van der Waals surface area contributed by atoms with Gasteiger partial charge >= 0.3 is 6.03 Å². The van der Waals surface area contributed by atoms with Crippen molar-refractivity contribution in [3.05, 3.63) is 78.1 Å². The number of benzene rings is 2. The summed E-state index contributed by atoms with van der Waals surface area (Å²) in [5.74, 6) is -0.422. The summed E-state index contributed by atoms with van der Waals surface area (Å²) in [7, 11) is 1.47. The van der Waals surface area contributed by atoms with Crippen LogP contribution in [0.4, 0.5) is 16.2 Å². The summed E-state index contributed by atoms with van der Waals surface area (Å²) < 4.78 is 23.3. The largest absolute Gasteiger partial charge is 0.355 e. The maximum absolute atomic E-state index is 12.4. The number of anilines is 2. The van der Waals surface area contributed by atoms with Crippen LogP contribution in [0.1, 0.15) is 15.9 Å². The maximum Gasteiger partial charge on any atom is 0.319 e. The van der Waals surface area contributed by atoms with E-state index in [9.17, 15) is 18.4 Å². The highest BCUT2D eigenvalue weighted by atomic mass is 32.2. The lowest BCUT2D eigenvalue weighted by molar-refractivity contribution is 0.0964. The number of carbonyl (C=O) groups excluding carboxylic acids is 2. The lowest BCUT2D eigenvalue weighted by Crippen LogP contribution is -2.28. The van der Waals surface area contributed by atoms with Crippen molar-refractivity contribution in [1.82, 2.24) is 15.6 Å². The fraction of sp³-hybridized carbons (Fsp3) is 0.0952. The second-order valence-electron chi connectivity index (χ2n) is 6.37. The molecule has 1 atom stereocenters. The van der Waals surface area contributed by atoms with Gasteiger partial charge in [0.05, 0.1) is 16.9 Å². The minimum absolute atomic E-state index is 0.174. The summed E-state index contributed by atoms with van der Waals surface area (Å²) in [5.41, 5.74) is 2.73. The van der Waals surface area contributed by atoms with Gasteiger partial charge in [-0.2, -0.15) is 0 Å². The number of nitrogens with one attached hydrogen (secondary N) is 4. The van der Waals surface area contributed by atoms with Gasteiger partial charge < -0.3 is 16.0 Å². The smallest absolute Gasteiger partial charge is 0.319 e. The molecule has 160 valence electrons. The maximum atomic E-state index is 12.4. The molecule has 10 heteroatoms. The second kappa shape index (κ2) is 10.3. The molecular formula is C21H21N5O4S. The first-order valence-electron chi connectivity index (χ1n) is 9.25. The molecule has 0 aliphatic carbocycles. The molecule has 1 heterocycles. The highest BCUT2D eigenvalue weighted by Gasteiger charge is 2.18. The van der Waals surface area contributed by atoms with Crippen LogP contribution in [0.5, 0.6) is 0 Å². The lowest BCUT2D eigenvalue weighted by atomic mass is 9.98. The molecule has 0 aliphatic heterocycles. The number of nitrogens with zero attached hydrogens (tertiary/aromatic N) is 1. The molecule has 0 saturated heterocycles. The van der Waals surface area contributed by atoms with Crippen molar-refractivity contribution in [3.63, 3.8) is 0 Å². The van der Waals surface area contributed by atoms with Crippen LogP contribution < -0.4 is 20.7 Å². The van der Waals surface area contributed by atoms with Crippen LogP contribution in [0.2, 0.25) is 0 Å². The van der Waals surface area contributed by atoms with E-state index >= 15 is 0 Å². The zero-order chi connectivity index (χ0) is 22.2. The Balaban J connectivity index is 1.91. The Kier molecular flexibility index (Phi) is 7.31. The zero-order valence-corrected chi connectivity index (χ0v) is 17.4. The number of urea groups is 1. The summed E-state index contributed by atoms with van der Waals surface area (Å²) in [6, 6.07) is 15.0. The molecule has 9 nitrogen and oxygen atoms in total. The van der Waals surface area contributed by atoms with Gasteiger partial charge in [0.25, 0.3) is 17.2 Å². The first-order chi connectivity index (χ1) is 15.0. The molecule has 0 radical (unpaired) electrons. The quantitative estimate of drug-likeness (QED) is 0.361. The number of rotatable bonds is 7. The lowest BCUT2D eigenvalue weighted by Gasteiger charge is -2.17. The van der Waals surface area contributed by atoms with E-state index in [0.29, 0.717) is 23.4 Å². The molecule has 0 fully saturated rings. The third kappa shape index (κ3) is 5.65. The highest BCUT2D eigenvalue weighted by molar-refractivity contribution is 7.80. The van der Waals surface area contributed by atoms with Gasteiger partial charge in [-0.1, -0.05) is 36.4 Å². The van der Waals surface area contributed by atoms with Gasteiger partial charge in [0.1, 0.15) is 0 Å². The normalized spacial score (nSPS) is 11.3. The first-order valence-corrected chi connectivity index (χ1v) is 10.4. The van der Waals surface area contributed by atoms with Gasteiger partial charge in [-0.05, 0) is 23.8 Å². The summed E-state index contributed by atoms with van der Waals surface area (Å²) in [6.07, 6.45) is 3.31. The van der Waals surface area contributed by atoms with Gasteiger partial charge in [-0.3, -0.25) is 19.1 Å². The fourth-order valence-electron chi connectivity index (χ4n) is 2.98. The topological polar surface area (TPSA) is 132 Å². The van der Waals surface area contributed by atoms with E-state index in [1.165, 1.54) is 13.1 Å². The van der Waals surface area contributed by atoms with Crippen LogP contribution in [0.3, 0.4) is 0 Å². The molecular weight excluding hydrogens is 418 g/mol. The monoisotopic (exact) mass is 439 g/mol. The highest BCUT2D eigenvalue weighted by Crippen LogP contribution is 2.36. The van der Waals surface area contributed by atoms with Crippen molar-refractivity contribution in [2.45, 2.75) is 6.54 Å². The standard InChI is InChI=1S/C21H21N5O4S/c1-22-20(27)17-9-4-8-16(19(17)26-31(29)30)15-7-2-3-10-18(15)25-21(28)24-13-14-6-5-11-23-12-14/h2-12,26H,13H2,1H3,(H,22,27)(H,29,30)(H2,24,25,28). The third-order valence-electron chi connectivity index (χ3n) is 4.37. The predicted molar refractivity (Wildman–Crippen MR) is 120 cm³/mol. The Hall–Kier alpha value is -3.76. The number of pyridine rings is 1. The molecule has 5 N–H and O–H groups in total. The Morgan fingerprint density at radius 2 is 1.81 bits per heavy atom. The average Bonchev–Trinajstić information content (AvgIpc) is 2.78. The number of para-hydroxylation sites is 2. The first kappa shape index (κ1) is 21.9. The van der Waals surface area contributed by atoms with E-state index in [1.807, 2.05) is 6.07 Å². The Morgan fingerprint density at radius 1 is 1.03 bits per heavy atom. The van der Waals surface area contributed by atoms with Crippen LogP contribution in [-0.4, -0.2) is 32.7 Å². The Morgan fingerprint density at radius 3 is 2.52 bits per heavy atom. The minimum Gasteiger partial charge on any atom is -0.355 e. The SMILES string of the molecule is CNC(=O)c1cccc(-c2ccccc2NC(=O)NCc2cccnc2)c1NS(=O)O. The molecule has 3 amide bonds. The Bertz CT molecular complexity index is 1110. The molecule has 0 saturated carbocycles. The van der Waals surface area contributed by atoms with Crippen molar-refractivity contribution >= 4 is 34.6 Å². The fourth-order valence-corrected chi connectivity index (χ4v) is 3.37. The van der Waals surface area contributed by atoms with Crippen molar-refractivity contribution in [1.29, 1.82) is 0 Å². The molecule has 1 aromatic heterocycles. The van der Waals surface area contributed by atoms with Gasteiger partial charge in [-0.15, -0.1) is 0 Å². The van der Waals surface area contributed by atoms with Crippen molar-refractivity contribution < 1.29 is 18.4 Å². The molecule has 0 aliphatic rings. The molecule has 3 aromatic rings. The van der Waals surface area contributed by atoms with Crippen LogP contribution in [0, 0.1) is 0 Å². The summed E-state index contributed by atoms with van der Waals surface area (Å²) >= 11 is -2.41. The number of carbonyl (C=O) groups is 2. The number of amides is 3. The van der Waals surface area contributed by atoms with E-state index in [-0.39, 0.29) is 11.3 Å². The van der Waals surface area contributed by atoms with Gasteiger partial charge in [0.2, 0.25) is 0 Å². The van der Waals surface area contributed by atoms with Gasteiger partial charge in [0.15, 0.2) is 0 Å². The van der Waals surface area contributed by atoms with E-state index in [4.69, 9.17) is 0 Å². The summed E-state index contributed by atoms with van der Waals surface area (Å²) in [6.45, 7) is 0.296. The van der Waals surface area contributed by atoms with E-state index in [1.54, 1.807) is 54.9 Å². The second-order valence-corrected chi connectivity index (χ2v) is 7.08. The van der Waals surface area contributed by atoms with Crippen molar-refractivity contribution in [3.8, 4) is 11.1 Å².